The summed E-state index contributed by atoms with van der Waals surface area (Å²) in [7, 11) is 1.94. The molecule has 0 amide bonds. The maximum Gasteiger partial charge on any atom is 0.0833 e. The molecule has 1 rings (SSSR count). The van der Waals surface area contributed by atoms with E-state index in [1.807, 2.05) is 24.9 Å². The van der Waals surface area contributed by atoms with Crippen molar-refractivity contribution in [1.29, 1.82) is 0 Å². The summed E-state index contributed by atoms with van der Waals surface area (Å²) in [6, 6.07) is 2.20. The van der Waals surface area contributed by atoms with Crippen LogP contribution in [0.2, 0.25) is 0 Å². The van der Waals surface area contributed by atoms with Gasteiger partial charge in [-0.25, -0.2) is 0 Å². The summed E-state index contributed by atoms with van der Waals surface area (Å²) in [5, 5.41) is 8.02. The van der Waals surface area contributed by atoms with E-state index in [2.05, 4.69) is 44.2 Å². The molecule has 0 aliphatic carbocycles. The van der Waals surface area contributed by atoms with E-state index in [0.717, 1.165) is 18.8 Å². The van der Waals surface area contributed by atoms with Crippen molar-refractivity contribution in [2.75, 3.05) is 13.2 Å². The highest BCUT2D eigenvalue weighted by Gasteiger charge is 2.34. The van der Waals surface area contributed by atoms with Crippen LogP contribution in [0.3, 0.4) is 0 Å². The molecular formula is C14H27N3O. The molecule has 0 radical (unpaired) electrons. The van der Waals surface area contributed by atoms with Crippen LogP contribution in [0, 0.1) is 5.41 Å². The number of aromatic nitrogens is 2. The van der Waals surface area contributed by atoms with Crippen molar-refractivity contribution in [3.05, 3.63) is 18.0 Å². The molecule has 0 aliphatic rings. The number of hydrogen-bond acceptors (Lipinski definition) is 3. The van der Waals surface area contributed by atoms with Crippen LogP contribution in [0.25, 0.3) is 0 Å². The number of nitrogens with one attached hydrogen (secondary N) is 1. The predicted molar refractivity (Wildman–Crippen MR) is 74.5 cm³/mol. The smallest absolute Gasteiger partial charge is 0.0833 e. The van der Waals surface area contributed by atoms with E-state index in [0.29, 0.717) is 0 Å². The maximum absolute atomic E-state index is 5.97. The highest BCUT2D eigenvalue weighted by molar-refractivity contribution is 5.09. The summed E-state index contributed by atoms with van der Waals surface area (Å²) in [5.41, 5.74) is 1.12. The largest absolute Gasteiger partial charge is 0.376 e. The quantitative estimate of drug-likeness (QED) is 0.846. The van der Waals surface area contributed by atoms with Gasteiger partial charge in [-0.1, -0.05) is 27.7 Å². The minimum atomic E-state index is 0.0698. The normalized spacial score (nSPS) is 15.7. The Morgan fingerprint density at radius 1 is 1.39 bits per heavy atom. The van der Waals surface area contributed by atoms with Crippen LogP contribution in [0.5, 0.6) is 0 Å². The highest BCUT2D eigenvalue weighted by Crippen LogP contribution is 2.32. The average molecular weight is 253 g/mol. The Bertz CT molecular complexity index is 354. The van der Waals surface area contributed by atoms with E-state index in [1.54, 1.807) is 0 Å². The Hall–Kier alpha value is -0.870. The molecule has 18 heavy (non-hydrogen) atoms. The van der Waals surface area contributed by atoms with Crippen LogP contribution in [0.15, 0.2) is 12.3 Å². The molecule has 1 aromatic heterocycles. The first-order chi connectivity index (χ1) is 8.40. The van der Waals surface area contributed by atoms with Crippen LogP contribution in [-0.2, 0) is 11.8 Å². The molecule has 0 bridgehead atoms. The van der Waals surface area contributed by atoms with Gasteiger partial charge in [-0.3, -0.25) is 4.68 Å². The molecule has 1 heterocycles. The lowest BCUT2D eigenvalue weighted by atomic mass is 9.83. The Labute approximate surface area is 111 Å². The van der Waals surface area contributed by atoms with Crippen LogP contribution in [0.1, 0.15) is 46.4 Å². The maximum atomic E-state index is 5.97. The summed E-state index contributed by atoms with van der Waals surface area (Å²) < 4.78 is 7.81. The fourth-order valence-electron chi connectivity index (χ4n) is 2.21. The molecule has 1 aromatic rings. The third-order valence-electron chi connectivity index (χ3n) is 2.98. The molecule has 0 fully saturated rings. The summed E-state index contributed by atoms with van der Waals surface area (Å²) in [6.45, 7) is 12.4. The van der Waals surface area contributed by atoms with Gasteiger partial charge in [0.05, 0.1) is 17.8 Å². The fraction of sp³-hybridized carbons (Fsp3) is 0.786. The third kappa shape index (κ3) is 3.82. The minimum Gasteiger partial charge on any atom is -0.376 e. The number of nitrogens with zero attached hydrogens (tertiary/aromatic N) is 2. The van der Waals surface area contributed by atoms with Gasteiger partial charge >= 0.3 is 0 Å². The highest BCUT2D eigenvalue weighted by atomic mass is 16.5. The fourth-order valence-corrected chi connectivity index (χ4v) is 2.21. The van der Waals surface area contributed by atoms with Crippen LogP contribution in [-0.4, -0.2) is 29.0 Å². The van der Waals surface area contributed by atoms with Crippen molar-refractivity contribution in [2.45, 2.75) is 46.8 Å². The van der Waals surface area contributed by atoms with E-state index in [9.17, 15) is 0 Å². The summed E-state index contributed by atoms with van der Waals surface area (Å²) in [6.07, 6.45) is 2.09. The van der Waals surface area contributed by atoms with E-state index >= 15 is 0 Å². The molecule has 0 saturated heterocycles. The van der Waals surface area contributed by atoms with Gasteiger partial charge in [-0.15, -0.1) is 0 Å². The Kier molecular flexibility index (Phi) is 5.35. The van der Waals surface area contributed by atoms with E-state index in [-0.39, 0.29) is 17.6 Å². The van der Waals surface area contributed by atoms with Crippen molar-refractivity contribution >= 4 is 0 Å². The number of rotatable bonds is 6. The van der Waals surface area contributed by atoms with E-state index < -0.39 is 0 Å². The van der Waals surface area contributed by atoms with Crippen molar-refractivity contribution in [1.82, 2.24) is 15.1 Å². The topological polar surface area (TPSA) is 39.1 Å². The van der Waals surface area contributed by atoms with Gasteiger partial charge in [0.2, 0.25) is 0 Å². The van der Waals surface area contributed by atoms with E-state index in [1.165, 1.54) is 0 Å². The standard InChI is InChI=1S/C14H27N3O/c1-7-15-12(11-9-10-17(6)16-11)13(18-8-2)14(3,4)5/h9-10,12-13,15H,7-8H2,1-6H3. The first-order valence-corrected chi connectivity index (χ1v) is 6.74. The molecule has 0 spiro atoms. The molecule has 1 N–H and O–H groups in total. The number of likely N-dealkylation sites (N-methyl/N-ethyl adjacent to an activating group) is 1. The lowest BCUT2D eigenvalue weighted by Crippen LogP contribution is -2.42. The Morgan fingerprint density at radius 3 is 2.44 bits per heavy atom. The molecule has 104 valence electrons. The molecule has 4 heteroatoms. The van der Waals surface area contributed by atoms with Crippen LogP contribution >= 0.6 is 0 Å². The first-order valence-electron chi connectivity index (χ1n) is 6.74. The lowest BCUT2D eigenvalue weighted by Gasteiger charge is -2.36. The van der Waals surface area contributed by atoms with Gasteiger partial charge in [-0.2, -0.15) is 5.10 Å². The first kappa shape index (κ1) is 15.2. The van der Waals surface area contributed by atoms with Gasteiger partial charge in [0.15, 0.2) is 0 Å². The second kappa shape index (κ2) is 6.34. The minimum absolute atomic E-state index is 0.0698. The zero-order valence-electron chi connectivity index (χ0n) is 12.5. The summed E-state index contributed by atoms with van der Waals surface area (Å²) in [5.74, 6) is 0. The van der Waals surface area contributed by atoms with Crippen molar-refractivity contribution < 1.29 is 4.74 Å². The summed E-state index contributed by atoms with van der Waals surface area (Å²) >= 11 is 0. The Balaban J connectivity index is 3.00. The number of ether oxygens (including phenoxy) is 1. The average Bonchev–Trinajstić information content (AvgIpc) is 2.68. The molecule has 0 aromatic carbocycles. The molecule has 0 saturated carbocycles. The van der Waals surface area contributed by atoms with Crippen LogP contribution in [0.4, 0.5) is 0 Å². The number of hydrogen-bond donors (Lipinski definition) is 1. The van der Waals surface area contributed by atoms with Gasteiger partial charge in [0.25, 0.3) is 0 Å². The number of aryl methyl sites for hydroxylation is 1. The molecule has 2 unspecified atom stereocenters. The van der Waals surface area contributed by atoms with Gasteiger partial charge in [0, 0.05) is 19.9 Å². The zero-order chi connectivity index (χ0) is 13.8. The molecule has 2 atom stereocenters. The summed E-state index contributed by atoms with van der Waals surface area (Å²) in [4.78, 5) is 0. The zero-order valence-corrected chi connectivity index (χ0v) is 12.5. The second-order valence-corrected chi connectivity index (χ2v) is 5.69. The SMILES string of the molecule is CCNC(c1ccn(C)n1)C(OCC)C(C)(C)C. The van der Waals surface area contributed by atoms with Crippen LogP contribution < -0.4 is 5.32 Å². The molecular weight excluding hydrogens is 226 g/mol. The second-order valence-electron chi connectivity index (χ2n) is 5.69. The van der Waals surface area contributed by atoms with Crippen molar-refractivity contribution in [3.63, 3.8) is 0 Å². The predicted octanol–water partition coefficient (Wildman–Crippen LogP) is 2.52. The van der Waals surface area contributed by atoms with Gasteiger partial charge < -0.3 is 10.1 Å². The van der Waals surface area contributed by atoms with E-state index in [4.69, 9.17) is 4.74 Å². The Morgan fingerprint density at radius 2 is 2.06 bits per heavy atom. The monoisotopic (exact) mass is 253 g/mol. The lowest BCUT2D eigenvalue weighted by molar-refractivity contribution is -0.0372. The van der Waals surface area contributed by atoms with Gasteiger partial charge in [0.1, 0.15) is 0 Å². The molecule has 4 nitrogen and oxygen atoms in total. The molecule has 0 aliphatic heterocycles. The van der Waals surface area contributed by atoms with Crippen molar-refractivity contribution in [2.24, 2.45) is 12.5 Å². The van der Waals surface area contributed by atoms with Gasteiger partial charge in [-0.05, 0) is 24.9 Å². The third-order valence-corrected chi connectivity index (χ3v) is 2.98. The van der Waals surface area contributed by atoms with Crippen molar-refractivity contribution in [3.8, 4) is 0 Å².